The number of rotatable bonds is 19. The molecule has 0 radical (unpaired) electrons. The first kappa shape index (κ1) is 39.6. The van der Waals surface area contributed by atoms with E-state index in [4.69, 9.17) is 10.2 Å². The SMILES string of the molecule is O=C(O)CCP(=O)(O)CN1CCN(CP(=O)(O)CCC(=O)O)CCN(CP(=O)(O)CCC(=O)NCCn2ccnc2[N+](=O)[O-])CC1. The number of nitro groups is 1. The number of nitrogens with zero attached hydrogens (tertiary/aromatic N) is 6. The van der Waals surface area contributed by atoms with Crippen molar-refractivity contribution in [1.29, 1.82) is 0 Å². The molecule has 0 saturated carbocycles. The predicted octanol–water partition coefficient (Wildman–Crippen LogP) is -0.150. The van der Waals surface area contributed by atoms with Crippen molar-refractivity contribution in [3.8, 4) is 0 Å². The molecule has 3 atom stereocenters. The highest BCUT2D eigenvalue weighted by Gasteiger charge is 2.30. The average Bonchev–Trinajstić information content (AvgIpc) is 3.44. The highest BCUT2D eigenvalue weighted by molar-refractivity contribution is 7.58. The standard InChI is InChI=1S/C23H42N7O13P3/c31-20(24-4-6-29-7-5-25-23(29)30(36)37)1-14-44(38,39)17-26-8-10-27(18-45(40,41)15-2-21(32)33)12-13-28(11-9-26)19-46(42,43)16-3-22(34)35/h5,7H,1-4,6,8-19H2,(H,24,31)(H,32,33)(H,34,35)(H,38,39)(H,40,41)(H,42,43). The first-order valence-electron chi connectivity index (χ1n) is 14.3. The molecule has 1 aliphatic heterocycles. The summed E-state index contributed by atoms with van der Waals surface area (Å²) >= 11 is 0. The zero-order valence-electron chi connectivity index (χ0n) is 25.2. The van der Waals surface area contributed by atoms with Crippen molar-refractivity contribution >= 4 is 45.9 Å². The Balaban J connectivity index is 2.03. The van der Waals surface area contributed by atoms with Gasteiger partial charge in [0.15, 0.2) is 0 Å². The number of nitrogens with one attached hydrogen (secondary N) is 1. The van der Waals surface area contributed by atoms with Crippen LogP contribution in [0.3, 0.4) is 0 Å². The van der Waals surface area contributed by atoms with Crippen LogP contribution in [0.2, 0.25) is 0 Å². The molecule has 3 unspecified atom stereocenters. The number of hydrogen-bond donors (Lipinski definition) is 6. The second-order valence-corrected chi connectivity index (χ2v) is 18.3. The number of aliphatic carboxylic acids is 2. The summed E-state index contributed by atoms with van der Waals surface area (Å²) in [6, 6.07) is 0. The largest absolute Gasteiger partial charge is 0.481 e. The Labute approximate surface area is 264 Å². The van der Waals surface area contributed by atoms with Crippen molar-refractivity contribution in [3.63, 3.8) is 0 Å². The van der Waals surface area contributed by atoms with Crippen LogP contribution in [-0.4, -0.2) is 155 Å². The number of aromatic nitrogens is 2. The van der Waals surface area contributed by atoms with Gasteiger partial charge in [0.1, 0.15) is 12.4 Å². The number of amides is 1. The molecular weight excluding hydrogens is 675 g/mol. The van der Waals surface area contributed by atoms with E-state index in [9.17, 15) is 52.9 Å². The Hall–Kier alpha value is -2.53. The van der Waals surface area contributed by atoms with Crippen molar-refractivity contribution < 1.29 is 57.9 Å². The van der Waals surface area contributed by atoms with E-state index in [1.54, 1.807) is 14.7 Å². The van der Waals surface area contributed by atoms with Crippen LogP contribution in [0.25, 0.3) is 0 Å². The first-order valence-corrected chi connectivity index (χ1v) is 20.4. The summed E-state index contributed by atoms with van der Waals surface area (Å²) in [7, 11) is -11.8. The highest BCUT2D eigenvalue weighted by atomic mass is 31.2. The van der Waals surface area contributed by atoms with Crippen LogP contribution < -0.4 is 5.32 Å². The molecule has 0 aromatic carbocycles. The van der Waals surface area contributed by atoms with Gasteiger partial charge < -0.3 is 40.3 Å². The van der Waals surface area contributed by atoms with E-state index in [2.05, 4.69) is 10.3 Å². The summed E-state index contributed by atoms with van der Waals surface area (Å²) < 4.78 is 39.8. The van der Waals surface area contributed by atoms with Gasteiger partial charge in [-0.05, 0) is 4.92 Å². The molecule has 6 N–H and O–H groups in total. The van der Waals surface area contributed by atoms with E-state index in [0.717, 1.165) is 0 Å². The quantitative estimate of drug-likeness (QED) is 0.0616. The van der Waals surface area contributed by atoms with Crippen LogP contribution in [0.1, 0.15) is 19.3 Å². The average molecular weight is 718 g/mol. The lowest BCUT2D eigenvalue weighted by Crippen LogP contribution is -2.37. The smallest absolute Gasteiger partial charge is 0.434 e. The fraction of sp³-hybridized carbons (Fsp3) is 0.739. The lowest BCUT2D eigenvalue weighted by Gasteiger charge is -2.28. The summed E-state index contributed by atoms with van der Waals surface area (Å²) in [5.41, 5.74) is 0. The lowest BCUT2D eigenvalue weighted by molar-refractivity contribution is -0.396. The second-order valence-electron chi connectivity index (χ2n) is 11.1. The number of imidazole rings is 1. The number of carbonyl (C=O) groups excluding carboxylic acids is 1. The van der Waals surface area contributed by atoms with Gasteiger partial charge in [-0.25, -0.2) is 4.57 Å². The molecule has 1 aromatic heterocycles. The Kier molecular flexibility index (Phi) is 15.6. The fourth-order valence-corrected chi connectivity index (χ4v) is 9.41. The molecule has 0 aliphatic carbocycles. The van der Waals surface area contributed by atoms with Crippen molar-refractivity contribution in [2.24, 2.45) is 0 Å². The van der Waals surface area contributed by atoms with E-state index in [1.807, 2.05) is 0 Å². The van der Waals surface area contributed by atoms with Gasteiger partial charge in [-0.2, -0.15) is 0 Å². The summed E-state index contributed by atoms with van der Waals surface area (Å²) in [6.07, 6.45) is -1.08. The molecule has 2 heterocycles. The first-order chi connectivity index (χ1) is 21.4. The van der Waals surface area contributed by atoms with Crippen LogP contribution in [-0.2, 0) is 34.6 Å². The maximum Gasteiger partial charge on any atom is 0.434 e. The van der Waals surface area contributed by atoms with Gasteiger partial charge >= 0.3 is 17.9 Å². The summed E-state index contributed by atoms with van der Waals surface area (Å²) in [5, 5.41) is 31.3. The molecule has 1 amide bonds. The van der Waals surface area contributed by atoms with Crippen molar-refractivity contribution in [3.05, 3.63) is 22.5 Å². The number of carboxylic acids is 2. The van der Waals surface area contributed by atoms with Gasteiger partial charge in [0.25, 0.3) is 0 Å². The normalized spacial score (nSPS) is 19.5. The molecule has 262 valence electrons. The molecule has 23 heteroatoms. The van der Waals surface area contributed by atoms with Gasteiger partial charge in [-0.15, -0.1) is 0 Å². The third-order valence-corrected chi connectivity index (χ3v) is 12.3. The molecule has 1 aromatic rings. The maximum absolute atomic E-state index is 13.1. The zero-order valence-corrected chi connectivity index (χ0v) is 27.9. The monoisotopic (exact) mass is 717 g/mol. The van der Waals surface area contributed by atoms with Gasteiger partial charge in [-0.3, -0.25) is 42.8 Å². The van der Waals surface area contributed by atoms with Gasteiger partial charge in [-0.1, -0.05) is 4.98 Å². The van der Waals surface area contributed by atoms with Crippen molar-refractivity contribution in [2.45, 2.75) is 25.8 Å². The molecule has 1 fully saturated rings. The number of carboxylic acid groups (broad SMARTS) is 2. The van der Waals surface area contributed by atoms with Gasteiger partial charge in [0.2, 0.25) is 28.0 Å². The van der Waals surface area contributed by atoms with E-state index in [-0.39, 0.29) is 89.7 Å². The maximum atomic E-state index is 13.1. The minimum Gasteiger partial charge on any atom is -0.481 e. The van der Waals surface area contributed by atoms with Crippen molar-refractivity contribution in [1.82, 2.24) is 29.6 Å². The van der Waals surface area contributed by atoms with Crippen LogP contribution in [0.5, 0.6) is 0 Å². The van der Waals surface area contributed by atoms with E-state index < -0.39 is 70.0 Å². The van der Waals surface area contributed by atoms with Crippen LogP contribution in [0.15, 0.2) is 12.4 Å². The van der Waals surface area contributed by atoms with Gasteiger partial charge in [0, 0.05) is 70.7 Å². The molecule has 0 spiro atoms. The molecule has 0 bridgehead atoms. The minimum atomic E-state index is -3.94. The third-order valence-electron chi connectivity index (χ3n) is 7.03. The molecule has 46 heavy (non-hydrogen) atoms. The summed E-state index contributed by atoms with van der Waals surface area (Å²) in [6.45, 7) is 1.02. The zero-order chi connectivity index (χ0) is 34.5. The number of hydrogen-bond acceptors (Lipinski definition) is 12. The van der Waals surface area contributed by atoms with E-state index >= 15 is 0 Å². The van der Waals surface area contributed by atoms with E-state index in [1.165, 1.54) is 17.0 Å². The molecular formula is C23H42N7O13P3. The second kappa shape index (κ2) is 18.1. The summed E-state index contributed by atoms with van der Waals surface area (Å²) in [4.78, 5) is 84.2. The van der Waals surface area contributed by atoms with Crippen LogP contribution in [0, 0.1) is 10.1 Å². The highest BCUT2D eigenvalue weighted by Crippen LogP contribution is 2.44. The number of carbonyl (C=O) groups is 3. The molecule has 20 nitrogen and oxygen atoms in total. The lowest BCUT2D eigenvalue weighted by atomic mass is 10.4. The minimum absolute atomic E-state index is 0.0198. The molecule has 1 aliphatic rings. The third kappa shape index (κ3) is 15.8. The predicted molar refractivity (Wildman–Crippen MR) is 164 cm³/mol. The Morgan fingerprint density at radius 1 is 0.783 bits per heavy atom. The van der Waals surface area contributed by atoms with Crippen molar-refractivity contribution in [2.75, 3.05) is 83.2 Å². The van der Waals surface area contributed by atoms with Crippen LogP contribution >= 0.6 is 22.1 Å². The summed E-state index contributed by atoms with van der Waals surface area (Å²) in [5.74, 6) is -3.39. The Morgan fingerprint density at radius 2 is 1.17 bits per heavy atom. The van der Waals surface area contributed by atoms with Gasteiger partial charge in [0.05, 0.1) is 38.2 Å². The van der Waals surface area contributed by atoms with E-state index in [0.29, 0.717) is 0 Å². The Morgan fingerprint density at radius 3 is 1.54 bits per heavy atom. The molecule has 1 saturated heterocycles. The molecule has 2 rings (SSSR count). The topological polar surface area (TPSA) is 286 Å². The van der Waals surface area contributed by atoms with Crippen LogP contribution in [0.4, 0.5) is 5.95 Å². The Bertz CT molecular complexity index is 1310. The fourth-order valence-electron chi connectivity index (χ4n) is 4.63.